The highest BCUT2D eigenvalue weighted by Gasteiger charge is 2.21. The molecule has 1 saturated heterocycles. The molecule has 1 atom stereocenters. The van der Waals surface area contributed by atoms with E-state index in [9.17, 15) is 4.79 Å². The minimum Gasteiger partial charge on any atom is -0.353 e. The highest BCUT2D eigenvalue weighted by Crippen LogP contribution is 2.26. The van der Waals surface area contributed by atoms with E-state index in [0.29, 0.717) is 5.92 Å². The van der Waals surface area contributed by atoms with E-state index in [1.54, 1.807) is 0 Å². The Morgan fingerprint density at radius 3 is 2.53 bits per heavy atom. The van der Waals surface area contributed by atoms with Gasteiger partial charge in [0.1, 0.15) is 0 Å². The highest BCUT2D eigenvalue weighted by molar-refractivity contribution is 5.81. The molecule has 1 saturated carbocycles. The van der Waals surface area contributed by atoms with Gasteiger partial charge >= 0.3 is 0 Å². The first-order chi connectivity index (χ1) is 9.25. The number of carbonyl (C=O) groups is 1. The third-order valence-electron chi connectivity index (χ3n) is 4.57. The van der Waals surface area contributed by atoms with E-state index in [1.165, 1.54) is 58.0 Å². The summed E-state index contributed by atoms with van der Waals surface area (Å²) in [7, 11) is 0. The molecule has 3 N–H and O–H groups in total. The fraction of sp³-hybridized carbons (Fsp3) is 0.933. The average molecular weight is 267 g/mol. The van der Waals surface area contributed by atoms with E-state index in [4.69, 9.17) is 5.73 Å². The molecule has 1 heterocycles. The number of nitrogens with two attached hydrogens (primary N) is 1. The fourth-order valence-electron chi connectivity index (χ4n) is 3.36. The Balaban J connectivity index is 1.58. The molecule has 1 aliphatic heterocycles. The van der Waals surface area contributed by atoms with E-state index in [1.807, 2.05) is 0 Å². The first kappa shape index (κ1) is 14.8. The third-order valence-corrected chi connectivity index (χ3v) is 4.57. The summed E-state index contributed by atoms with van der Waals surface area (Å²) in [5.41, 5.74) is 6.02. The second-order valence-corrected chi connectivity index (χ2v) is 6.19. The molecule has 2 aliphatic rings. The zero-order valence-electron chi connectivity index (χ0n) is 12.1. The zero-order chi connectivity index (χ0) is 13.5. The lowest BCUT2D eigenvalue weighted by Crippen LogP contribution is -2.44. The maximum absolute atomic E-state index is 11.9. The van der Waals surface area contributed by atoms with Crippen molar-refractivity contribution in [2.45, 2.75) is 57.4 Å². The molecule has 4 nitrogen and oxygen atoms in total. The molecule has 0 radical (unpaired) electrons. The van der Waals surface area contributed by atoms with E-state index in [0.717, 1.165) is 19.5 Å². The van der Waals surface area contributed by atoms with Gasteiger partial charge < -0.3 is 16.0 Å². The zero-order valence-corrected chi connectivity index (χ0v) is 12.1. The van der Waals surface area contributed by atoms with Crippen molar-refractivity contribution < 1.29 is 4.79 Å². The number of nitrogens with zero attached hydrogens (tertiary/aromatic N) is 1. The van der Waals surface area contributed by atoms with E-state index in [2.05, 4.69) is 10.2 Å². The van der Waals surface area contributed by atoms with E-state index in [-0.39, 0.29) is 11.9 Å². The lowest BCUT2D eigenvalue weighted by Gasteiger charge is -2.24. The molecular formula is C15H29N3O. The largest absolute Gasteiger partial charge is 0.353 e. The lowest BCUT2D eigenvalue weighted by atomic mass is 9.85. The number of hydrogen-bond acceptors (Lipinski definition) is 3. The van der Waals surface area contributed by atoms with Gasteiger partial charge in [-0.2, -0.15) is 0 Å². The molecule has 0 spiro atoms. The monoisotopic (exact) mass is 267 g/mol. The summed E-state index contributed by atoms with van der Waals surface area (Å²) in [6.07, 6.45) is 9.97. The van der Waals surface area contributed by atoms with Gasteiger partial charge in [0.2, 0.25) is 5.91 Å². The summed E-state index contributed by atoms with van der Waals surface area (Å²) in [4.78, 5) is 14.3. The number of amides is 1. The molecule has 110 valence electrons. The third kappa shape index (κ3) is 5.11. The first-order valence-corrected chi connectivity index (χ1v) is 8.01. The van der Waals surface area contributed by atoms with Crippen molar-refractivity contribution in [1.82, 2.24) is 10.2 Å². The Bertz CT molecular complexity index is 271. The van der Waals surface area contributed by atoms with Crippen LogP contribution in [0.5, 0.6) is 0 Å². The second-order valence-electron chi connectivity index (χ2n) is 6.19. The van der Waals surface area contributed by atoms with Crippen molar-refractivity contribution in [2.24, 2.45) is 11.7 Å². The van der Waals surface area contributed by atoms with Crippen molar-refractivity contribution in [3.8, 4) is 0 Å². The SMILES string of the molecule is NC(CC1CCCCC1)C(=O)NCCN1CCCC1. The quantitative estimate of drug-likeness (QED) is 0.766. The normalized spacial score (nSPS) is 23.4. The molecule has 2 rings (SSSR count). The summed E-state index contributed by atoms with van der Waals surface area (Å²) >= 11 is 0. The Hall–Kier alpha value is -0.610. The number of nitrogens with one attached hydrogen (secondary N) is 1. The van der Waals surface area contributed by atoms with E-state index >= 15 is 0 Å². The van der Waals surface area contributed by atoms with Crippen molar-refractivity contribution >= 4 is 5.91 Å². The van der Waals surface area contributed by atoms with Crippen LogP contribution in [0, 0.1) is 5.92 Å². The van der Waals surface area contributed by atoms with Crippen molar-refractivity contribution in [2.75, 3.05) is 26.2 Å². The molecule has 0 bridgehead atoms. The molecule has 0 aromatic heterocycles. The van der Waals surface area contributed by atoms with Crippen LogP contribution in [0.2, 0.25) is 0 Å². The van der Waals surface area contributed by atoms with Gasteiger partial charge in [-0.25, -0.2) is 0 Å². The number of hydrogen-bond donors (Lipinski definition) is 2. The topological polar surface area (TPSA) is 58.4 Å². The predicted molar refractivity (Wildman–Crippen MR) is 77.9 cm³/mol. The minimum absolute atomic E-state index is 0.0461. The predicted octanol–water partition coefficient (Wildman–Crippen LogP) is 1.50. The standard InChI is InChI=1S/C15H29N3O/c16-14(12-13-6-2-1-3-7-13)15(19)17-8-11-18-9-4-5-10-18/h13-14H,1-12,16H2,(H,17,19). The summed E-state index contributed by atoms with van der Waals surface area (Å²) in [5.74, 6) is 0.720. The Kier molecular flexibility index (Phi) is 6.11. The van der Waals surface area contributed by atoms with E-state index < -0.39 is 0 Å². The van der Waals surface area contributed by atoms with Crippen LogP contribution in [0.1, 0.15) is 51.4 Å². The number of carbonyl (C=O) groups excluding carboxylic acids is 1. The highest BCUT2D eigenvalue weighted by atomic mass is 16.2. The van der Waals surface area contributed by atoms with Crippen LogP contribution >= 0.6 is 0 Å². The van der Waals surface area contributed by atoms with Gasteiger partial charge in [-0.05, 0) is 38.3 Å². The van der Waals surface area contributed by atoms with Gasteiger partial charge in [0.25, 0.3) is 0 Å². The van der Waals surface area contributed by atoms with Gasteiger partial charge in [-0.3, -0.25) is 4.79 Å². The molecular weight excluding hydrogens is 238 g/mol. The molecule has 1 amide bonds. The minimum atomic E-state index is -0.304. The van der Waals surface area contributed by atoms with Crippen LogP contribution < -0.4 is 11.1 Å². The van der Waals surface area contributed by atoms with Gasteiger partial charge in [-0.1, -0.05) is 32.1 Å². The van der Waals surface area contributed by atoms with Crippen LogP contribution in [0.4, 0.5) is 0 Å². The molecule has 0 aromatic rings. The Morgan fingerprint density at radius 1 is 1.16 bits per heavy atom. The van der Waals surface area contributed by atoms with Crippen molar-refractivity contribution in [3.05, 3.63) is 0 Å². The van der Waals surface area contributed by atoms with Crippen LogP contribution in [-0.4, -0.2) is 43.0 Å². The second kappa shape index (κ2) is 7.85. The fourth-order valence-corrected chi connectivity index (χ4v) is 3.36. The van der Waals surface area contributed by atoms with Gasteiger partial charge in [0.05, 0.1) is 6.04 Å². The molecule has 1 aliphatic carbocycles. The lowest BCUT2D eigenvalue weighted by molar-refractivity contribution is -0.122. The summed E-state index contributed by atoms with van der Waals surface area (Å²) in [5, 5.41) is 2.99. The first-order valence-electron chi connectivity index (χ1n) is 8.01. The maximum atomic E-state index is 11.9. The van der Waals surface area contributed by atoms with Crippen LogP contribution in [0.15, 0.2) is 0 Å². The van der Waals surface area contributed by atoms with Gasteiger partial charge in [0.15, 0.2) is 0 Å². The molecule has 2 fully saturated rings. The molecule has 1 unspecified atom stereocenters. The maximum Gasteiger partial charge on any atom is 0.236 e. The molecule has 19 heavy (non-hydrogen) atoms. The Morgan fingerprint density at radius 2 is 1.84 bits per heavy atom. The summed E-state index contributed by atoms with van der Waals surface area (Å²) in [6.45, 7) is 4.09. The summed E-state index contributed by atoms with van der Waals surface area (Å²) < 4.78 is 0. The van der Waals surface area contributed by atoms with Gasteiger partial charge in [-0.15, -0.1) is 0 Å². The molecule has 0 aromatic carbocycles. The van der Waals surface area contributed by atoms with Crippen LogP contribution in [-0.2, 0) is 4.79 Å². The Labute approximate surface area is 117 Å². The molecule has 4 heteroatoms. The van der Waals surface area contributed by atoms with Gasteiger partial charge in [0, 0.05) is 13.1 Å². The summed E-state index contributed by atoms with van der Waals surface area (Å²) in [6, 6.07) is -0.304. The number of rotatable bonds is 6. The van der Waals surface area contributed by atoms with Crippen LogP contribution in [0.25, 0.3) is 0 Å². The number of likely N-dealkylation sites (tertiary alicyclic amines) is 1. The smallest absolute Gasteiger partial charge is 0.236 e. The van der Waals surface area contributed by atoms with Crippen LogP contribution in [0.3, 0.4) is 0 Å². The average Bonchev–Trinajstić information content (AvgIpc) is 2.93. The van der Waals surface area contributed by atoms with Crippen molar-refractivity contribution in [3.63, 3.8) is 0 Å². The van der Waals surface area contributed by atoms with Crippen molar-refractivity contribution in [1.29, 1.82) is 0 Å².